The number of anilines is 1. The lowest BCUT2D eigenvalue weighted by Crippen LogP contribution is -2.48. The number of amides is 1. The lowest BCUT2D eigenvalue weighted by molar-refractivity contribution is -0.134. The molecule has 1 saturated heterocycles. The number of aryl methyl sites for hydroxylation is 1. The minimum Gasteiger partial charge on any atom is -0.491 e. The summed E-state index contributed by atoms with van der Waals surface area (Å²) >= 11 is 0. The molecule has 168 valence electrons. The highest BCUT2D eigenvalue weighted by molar-refractivity contribution is 5.78. The van der Waals surface area contributed by atoms with Crippen LogP contribution in [0.15, 0.2) is 48.5 Å². The molecule has 2 aromatic rings. The van der Waals surface area contributed by atoms with E-state index in [0.717, 1.165) is 23.5 Å². The monoisotopic (exact) mass is 424 g/mol. The zero-order chi connectivity index (χ0) is 22.4. The molecule has 1 aliphatic heterocycles. The number of carbonyl (C=O) groups excluding carboxylic acids is 1. The Morgan fingerprint density at radius 3 is 2.29 bits per heavy atom. The number of hydrogen-bond donors (Lipinski definition) is 1. The van der Waals surface area contributed by atoms with Gasteiger partial charge in [0.1, 0.15) is 5.75 Å². The molecule has 0 bridgehead atoms. The van der Waals surface area contributed by atoms with Crippen LogP contribution in [-0.4, -0.2) is 54.3 Å². The van der Waals surface area contributed by atoms with Crippen LogP contribution < -0.4 is 9.64 Å². The summed E-state index contributed by atoms with van der Waals surface area (Å²) in [7, 11) is 2.04. The van der Waals surface area contributed by atoms with Crippen LogP contribution in [0.4, 0.5) is 5.69 Å². The Morgan fingerprint density at radius 1 is 1.10 bits per heavy atom. The van der Waals surface area contributed by atoms with Gasteiger partial charge in [-0.15, -0.1) is 0 Å². The van der Waals surface area contributed by atoms with Gasteiger partial charge in [0.25, 0.3) is 0 Å². The molecule has 2 aromatic carbocycles. The molecule has 1 heterocycles. The number of ether oxygens (including phenoxy) is 1. The largest absolute Gasteiger partial charge is 0.491 e. The van der Waals surface area contributed by atoms with Crippen molar-refractivity contribution in [2.75, 3.05) is 31.6 Å². The van der Waals surface area contributed by atoms with Gasteiger partial charge in [-0.2, -0.15) is 0 Å². The van der Waals surface area contributed by atoms with Gasteiger partial charge in [0, 0.05) is 32.4 Å². The number of likely N-dealkylation sites (tertiary alicyclic amines) is 1. The van der Waals surface area contributed by atoms with Crippen molar-refractivity contribution < 1.29 is 14.6 Å². The molecule has 0 unspecified atom stereocenters. The maximum atomic E-state index is 12.6. The Kier molecular flexibility index (Phi) is 7.60. The summed E-state index contributed by atoms with van der Waals surface area (Å²) in [5, 5.41) is 11.0. The first kappa shape index (κ1) is 23.1. The van der Waals surface area contributed by atoms with Gasteiger partial charge in [-0.3, -0.25) is 4.79 Å². The maximum Gasteiger partial charge on any atom is 0.226 e. The maximum absolute atomic E-state index is 12.6. The summed E-state index contributed by atoms with van der Waals surface area (Å²) < 4.78 is 5.70. The second-order valence-electron chi connectivity index (χ2n) is 9.10. The highest BCUT2D eigenvalue weighted by atomic mass is 16.5. The standard InChI is InChI=1S/C26H36N2O3/c1-20(2)31-24-11-9-23(10-12-24)27(4)16-13-26(30)14-17-28(18-15-26)25(29)19-22-7-5-21(3)6-8-22/h5-12,20,30H,13-19H2,1-4H3. The van der Waals surface area contributed by atoms with Crippen LogP contribution in [0, 0.1) is 6.92 Å². The van der Waals surface area contributed by atoms with Gasteiger partial charge in [0.05, 0.1) is 18.1 Å². The average Bonchev–Trinajstić information content (AvgIpc) is 2.74. The van der Waals surface area contributed by atoms with Gasteiger partial charge >= 0.3 is 0 Å². The third kappa shape index (κ3) is 6.73. The Labute approximate surface area is 186 Å². The Hall–Kier alpha value is -2.53. The third-order valence-electron chi connectivity index (χ3n) is 6.08. The summed E-state index contributed by atoms with van der Waals surface area (Å²) in [6.45, 7) is 8.07. The molecule has 1 N–H and O–H groups in total. The Balaban J connectivity index is 1.45. The van der Waals surface area contributed by atoms with E-state index in [4.69, 9.17) is 4.74 Å². The van der Waals surface area contributed by atoms with Gasteiger partial charge in [-0.05, 0) is 69.9 Å². The lowest BCUT2D eigenvalue weighted by atomic mass is 9.87. The number of rotatable bonds is 8. The van der Waals surface area contributed by atoms with E-state index < -0.39 is 5.60 Å². The lowest BCUT2D eigenvalue weighted by Gasteiger charge is -2.39. The average molecular weight is 425 g/mol. The normalized spacial score (nSPS) is 15.7. The molecule has 0 radical (unpaired) electrons. The van der Waals surface area contributed by atoms with Gasteiger partial charge < -0.3 is 19.6 Å². The van der Waals surface area contributed by atoms with Gasteiger partial charge in [0.15, 0.2) is 0 Å². The van der Waals surface area contributed by atoms with Crippen LogP contribution in [0.1, 0.15) is 44.2 Å². The summed E-state index contributed by atoms with van der Waals surface area (Å²) in [5.74, 6) is 1.01. The number of carbonyl (C=O) groups is 1. The minimum atomic E-state index is -0.713. The summed E-state index contributed by atoms with van der Waals surface area (Å²) in [6, 6.07) is 16.2. The first-order chi connectivity index (χ1) is 14.7. The fraction of sp³-hybridized carbons (Fsp3) is 0.500. The van der Waals surface area contributed by atoms with E-state index in [1.807, 2.05) is 81.2 Å². The highest BCUT2D eigenvalue weighted by Crippen LogP contribution is 2.28. The summed E-state index contributed by atoms with van der Waals surface area (Å²) in [4.78, 5) is 16.7. The molecule has 5 heteroatoms. The van der Waals surface area contributed by atoms with Crippen LogP contribution in [0.25, 0.3) is 0 Å². The highest BCUT2D eigenvalue weighted by Gasteiger charge is 2.33. The number of hydrogen-bond acceptors (Lipinski definition) is 4. The third-order valence-corrected chi connectivity index (χ3v) is 6.08. The zero-order valence-electron chi connectivity index (χ0n) is 19.3. The second kappa shape index (κ2) is 10.2. The van der Waals surface area contributed by atoms with E-state index in [1.165, 1.54) is 5.56 Å². The first-order valence-electron chi connectivity index (χ1n) is 11.3. The Morgan fingerprint density at radius 2 is 1.71 bits per heavy atom. The second-order valence-corrected chi connectivity index (χ2v) is 9.10. The smallest absolute Gasteiger partial charge is 0.226 e. The molecule has 1 aliphatic rings. The van der Waals surface area contributed by atoms with Crippen LogP contribution >= 0.6 is 0 Å². The van der Waals surface area contributed by atoms with Gasteiger partial charge in [0.2, 0.25) is 5.91 Å². The topological polar surface area (TPSA) is 53.0 Å². The predicted octanol–water partition coefficient (Wildman–Crippen LogP) is 4.20. The molecule has 0 atom stereocenters. The Bertz CT molecular complexity index is 838. The number of aliphatic hydroxyl groups is 1. The van der Waals surface area contributed by atoms with E-state index >= 15 is 0 Å². The first-order valence-corrected chi connectivity index (χ1v) is 11.3. The molecule has 1 amide bonds. The fourth-order valence-corrected chi connectivity index (χ4v) is 3.97. The molecule has 3 rings (SSSR count). The van der Waals surface area contributed by atoms with Crippen molar-refractivity contribution in [1.82, 2.24) is 4.90 Å². The molecular weight excluding hydrogens is 388 g/mol. The molecule has 0 aliphatic carbocycles. The van der Waals surface area contributed by atoms with Crippen molar-refractivity contribution in [3.63, 3.8) is 0 Å². The van der Waals surface area contributed by atoms with Crippen LogP contribution in [0.2, 0.25) is 0 Å². The fourth-order valence-electron chi connectivity index (χ4n) is 3.97. The van der Waals surface area contributed by atoms with Crippen molar-refractivity contribution in [3.05, 3.63) is 59.7 Å². The van der Waals surface area contributed by atoms with Crippen molar-refractivity contribution >= 4 is 11.6 Å². The molecule has 0 spiro atoms. The molecule has 31 heavy (non-hydrogen) atoms. The number of benzene rings is 2. The van der Waals surface area contributed by atoms with E-state index in [9.17, 15) is 9.90 Å². The zero-order valence-corrected chi connectivity index (χ0v) is 19.3. The van der Waals surface area contributed by atoms with Crippen molar-refractivity contribution in [1.29, 1.82) is 0 Å². The van der Waals surface area contributed by atoms with Crippen LogP contribution in [-0.2, 0) is 11.2 Å². The van der Waals surface area contributed by atoms with E-state index in [1.54, 1.807) is 0 Å². The SMILES string of the molecule is Cc1ccc(CC(=O)N2CCC(O)(CCN(C)c3ccc(OC(C)C)cc3)CC2)cc1. The van der Waals surface area contributed by atoms with E-state index in [-0.39, 0.29) is 12.0 Å². The van der Waals surface area contributed by atoms with Crippen LogP contribution in [0.3, 0.4) is 0 Å². The number of nitrogens with zero attached hydrogens (tertiary/aromatic N) is 2. The number of piperidine rings is 1. The van der Waals surface area contributed by atoms with Gasteiger partial charge in [-0.1, -0.05) is 29.8 Å². The van der Waals surface area contributed by atoms with Crippen molar-refractivity contribution in [2.45, 2.75) is 58.2 Å². The van der Waals surface area contributed by atoms with Gasteiger partial charge in [-0.25, -0.2) is 0 Å². The molecule has 5 nitrogen and oxygen atoms in total. The molecule has 1 fully saturated rings. The van der Waals surface area contributed by atoms with Crippen molar-refractivity contribution in [2.24, 2.45) is 0 Å². The van der Waals surface area contributed by atoms with Crippen molar-refractivity contribution in [3.8, 4) is 5.75 Å². The molecular formula is C26H36N2O3. The summed E-state index contributed by atoms with van der Waals surface area (Å²) in [5.41, 5.74) is 2.63. The predicted molar refractivity (Wildman–Crippen MR) is 126 cm³/mol. The van der Waals surface area contributed by atoms with Crippen LogP contribution in [0.5, 0.6) is 5.75 Å². The van der Waals surface area contributed by atoms with E-state index in [2.05, 4.69) is 4.90 Å². The minimum absolute atomic E-state index is 0.145. The van der Waals surface area contributed by atoms with E-state index in [0.29, 0.717) is 38.8 Å². The molecule has 0 aromatic heterocycles. The quantitative estimate of drug-likeness (QED) is 0.690. The summed E-state index contributed by atoms with van der Waals surface area (Å²) in [6.07, 6.45) is 2.53. The molecule has 0 saturated carbocycles.